The summed E-state index contributed by atoms with van der Waals surface area (Å²) in [5.41, 5.74) is 2.98. The Labute approximate surface area is 141 Å². The van der Waals surface area contributed by atoms with Crippen molar-refractivity contribution >= 4 is 5.91 Å². The maximum Gasteiger partial charge on any atom is 0.345 e. The second-order valence-electron chi connectivity index (χ2n) is 5.80. The highest BCUT2D eigenvalue weighted by Gasteiger charge is 2.12. The van der Waals surface area contributed by atoms with E-state index in [-0.39, 0.29) is 17.6 Å². The van der Waals surface area contributed by atoms with E-state index in [4.69, 9.17) is 4.74 Å². The molecule has 2 rings (SSSR count). The molecule has 1 aromatic heterocycles. The van der Waals surface area contributed by atoms with Crippen LogP contribution in [0.1, 0.15) is 41.9 Å². The van der Waals surface area contributed by atoms with E-state index in [2.05, 4.69) is 15.3 Å². The SMILES string of the molecule is COc1cccc([C@@H](C)NC(=O)CCc2c(C)nc(=O)[nH]c2C)c1. The number of nitrogens with one attached hydrogen (secondary N) is 2. The third-order valence-corrected chi connectivity index (χ3v) is 4.03. The summed E-state index contributed by atoms with van der Waals surface area (Å²) in [6.45, 7) is 5.54. The van der Waals surface area contributed by atoms with Gasteiger partial charge < -0.3 is 15.0 Å². The Bertz CT molecular complexity index is 757. The molecule has 6 heteroatoms. The molecular weight excluding hydrogens is 306 g/mol. The fourth-order valence-electron chi connectivity index (χ4n) is 2.67. The molecule has 2 aromatic rings. The van der Waals surface area contributed by atoms with E-state index in [0.717, 1.165) is 22.6 Å². The van der Waals surface area contributed by atoms with Crippen LogP contribution >= 0.6 is 0 Å². The van der Waals surface area contributed by atoms with E-state index >= 15 is 0 Å². The first-order valence-electron chi connectivity index (χ1n) is 7.90. The lowest BCUT2D eigenvalue weighted by Gasteiger charge is -2.15. The summed E-state index contributed by atoms with van der Waals surface area (Å²) in [6.07, 6.45) is 0.877. The molecular formula is C18H23N3O3. The van der Waals surface area contributed by atoms with Gasteiger partial charge in [-0.15, -0.1) is 0 Å². The fraction of sp³-hybridized carbons (Fsp3) is 0.389. The van der Waals surface area contributed by atoms with Gasteiger partial charge in [0.15, 0.2) is 0 Å². The van der Waals surface area contributed by atoms with E-state index in [1.54, 1.807) is 14.0 Å². The van der Waals surface area contributed by atoms with E-state index in [1.807, 2.05) is 38.1 Å². The average Bonchev–Trinajstić information content (AvgIpc) is 2.53. The molecule has 0 aliphatic carbocycles. The Morgan fingerprint density at radius 1 is 1.38 bits per heavy atom. The number of methoxy groups -OCH3 is 1. The topological polar surface area (TPSA) is 84.1 Å². The maximum absolute atomic E-state index is 12.2. The van der Waals surface area contributed by atoms with Crippen molar-refractivity contribution in [2.75, 3.05) is 7.11 Å². The van der Waals surface area contributed by atoms with Crippen LogP contribution in [0.5, 0.6) is 5.75 Å². The largest absolute Gasteiger partial charge is 0.497 e. The number of amides is 1. The summed E-state index contributed by atoms with van der Waals surface area (Å²) in [5.74, 6) is 0.717. The van der Waals surface area contributed by atoms with E-state index in [9.17, 15) is 9.59 Å². The van der Waals surface area contributed by atoms with E-state index in [1.165, 1.54) is 0 Å². The molecule has 1 atom stereocenters. The molecule has 128 valence electrons. The number of ether oxygens (including phenoxy) is 1. The number of hydrogen-bond acceptors (Lipinski definition) is 4. The first-order chi connectivity index (χ1) is 11.4. The predicted molar refractivity (Wildman–Crippen MR) is 92.2 cm³/mol. The molecule has 1 aromatic carbocycles. The van der Waals surface area contributed by atoms with Crippen molar-refractivity contribution in [2.24, 2.45) is 0 Å². The molecule has 6 nitrogen and oxygen atoms in total. The number of carbonyl (C=O) groups excluding carboxylic acids is 1. The van der Waals surface area contributed by atoms with Crippen molar-refractivity contribution in [3.63, 3.8) is 0 Å². The highest BCUT2D eigenvalue weighted by Crippen LogP contribution is 2.19. The zero-order valence-corrected chi connectivity index (χ0v) is 14.5. The lowest BCUT2D eigenvalue weighted by molar-refractivity contribution is -0.121. The fourth-order valence-corrected chi connectivity index (χ4v) is 2.67. The number of nitrogens with zero attached hydrogens (tertiary/aromatic N) is 1. The van der Waals surface area contributed by atoms with Crippen molar-refractivity contribution in [3.8, 4) is 5.75 Å². The van der Waals surface area contributed by atoms with Crippen molar-refractivity contribution in [2.45, 2.75) is 39.7 Å². The number of hydrogen-bond donors (Lipinski definition) is 2. The number of benzene rings is 1. The van der Waals surface area contributed by atoms with Gasteiger partial charge in [0, 0.05) is 17.8 Å². The Kier molecular flexibility index (Phi) is 5.73. The van der Waals surface area contributed by atoms with Crippen LogP contribution in [-0.2, 0) is 11.2 Å². The number of aromatic amines is 1. The van der Waals surface area contributed by atoms with Crippen molar-refractivity contribution in [1.82, 2.24) is 15.3 Å². The van der Waals surface area contributed by atoms with Gasteiger partial charge in [-0.3, -0.25) is 4.79 Å². The number of aryl methyl sites for hydroxylation is 2. The Balaban J connectivity index is 1.97. The minimum Gasteiger partial charge on any atom is -0.497 e. The van der Waals surface area contributed by atoms with Crippen molar-refractivity contribution < 1.29 is 9.53 Å². The highest BCUT2D eigenvalue weighted by atomic mass is 16.5. The highest BCUT2D eigenvalue weighted by molar-refractivity contribution is 5.76. The molecule has 24 heavy (non-hydrogen) atoms. The van der Waals surface area contributed by atoms with Gasteiger partial charge in [0.25, 0.3) is 0 Å². The molecule has 0 radical (unpaired) electrons. The van der Waals surface area contributed by atoms with Crippen molar-refractivity contribution in [1.29, 1.82) is 0 Å². The van der Waals surface area contributed by atoms with Crippen LogP contribution < -0.4 is 15.7 Å². The Morgan fingerprint density at radius 3 is 2.79 bits per heavy atom. The number of aromatic nitrogens is 2. The Hall–Kier alpha value is -2.63. The normalized spacial score (nSPS) is 11.8. The smallest absolute Gasteiger partial charge is 0.345 e. The molecule has 0 saturated carbocycles. The minimum atomic E-state index is -0.357. The summed E-state index contributed by atoms with van der Waals surface area (Å²) in [6, 6.07) is 7.52. The lowest BCUT2D eigenvalue weighted by Crippen LogP contribution is -2.27. The van der Waals surface area contributed by atoms with Gasteiger partial charge in [-0.05, 0) is 50.5 Å². The summed E-state index contributed by atoms with van der Waals surface area (Å²) >= 11 is 0. The van der Waals surface area contributed by atoms with Crippen LogP contribution in [0.4, 0.5) is 0 Å². The van der Waals surface area contributed by atoms with Crippen LogP contribution in [0.25, 0.3) is 0 Å². The van der Waals surface area contributed by atoms with E-state index < -0.39 is 0 Å². The molecule has 0 aliphatic rings. The zero-order chi connectivity index (χ0) is 17.7. The van der Waals surface area contributed by atoms with E-state index in [0.29, 0.717) is 18.5 Å². The molecule has 0 aliphatic heterocycles. The Morgan fingerprint density at radius 2 is 2.12 bits per heavy atom. The second-order valence-corrected chi connectivity index (χ2v) is 5.80. The van der Waals surface area contributed by atoms with Crippen LogP contribution in [0.2, 0.25) is 0 Å². The zero-order valence-electron chi connectivity index (χ0n) is 14.5. The van der Waals surface area contributed by atoms with Gasteiger partial charge in [-0.25, -0.2) is 4.79 Å². The first kappa shape index (κ1) is 17.7. The summed E-state index contributed by atoms with van der Waals surface area (Å²) < 4.78 is 5.20. The third kappa shape index (κ3) is 4.44. The van der Waals surface area contributed by atoms with Crippen LogP contribution in [0.3, 0.4) is 0 Å². The first-order valence-corrected chi connectivity index (χ1v) is 7.90. The standard InChI is InChI=1S/C18H23N3O3/c1-11(14-6-5-7-15(10-14)24-4)19-17(22)9-8-16-12(2)20-18(23)21-13(16)3/h5-7,10-11H,8-9H2,1-4H3,(H,19,22)(H,20,21,23)/t11-/m1/s1. The quantitative estimate of drug-likeness (QED) is 0.851. The summed E-state index contributed by atoms with van der Waals surface area (Å²) in [5, 5.41) is 2.98. The van der Waals surface area contributed by atoms with Crippen LogP contribution in [0, 0.1) is 13.8 Å². The number of carbonyl (C=O) groups is 1. The molecule has 2 N–H and O–H groups in total. The van der Waals surface area contributed by atoms with Gasteiger partial charge in [-0.2, -0.15) is 4.98 Å². The van der Waals surface area contributed by atoms with Crippen LogP contribution in [0.15, 0.2) is 29.1 Å². The monoisotopic (exact) mass is 329 g/mol. The molecule has 1 amide bonds. The summed E-state index contributed by atoms with van der Waals surface area (Å²) in [4.78, 5) is 30.1. The van der Waals surface area contributed by atoms with Crippen LogP contribution in [-0.4, -0.2) is 23.0 Å². The van der Waals surface area contributed by atoms with Gasteiger partial charge in [0.2, 0.25) is 5.91 Å². The van der Waals surface area contributed by atoms with Crippen molar-refractivity contribution in [3.05, 3.63) is 57.3 Å². The van der Waals surface area contributed by atoms with Gasteiger partial charge >= 0.3 is 5.69 Å². The second kappa shape index (κ2) is 7.77. The van der Waals surface area contributed by atoms with Gasteiger partial charge in [-0.1, -0.05) is 12.1 Å². The number of rotatable bonds is 6. The third-order valence-electron chi connectivity index (χ3n) is 4.03. The van der Waals surface area contributed by atoms with Gasteiger partial charge in [0.05, 0.1) is 13.2 Å². The summed E-state index contributed by atoms with van der Waals surface area (Å²) in [7, 11) is 1.62. The lowest BCUT2D eigenvalue weighted by atomic mass is 10.1. The van der Waals surface area contributed by atoms with Gasteiger partial charge in [0.1, 0.15) is 5.75 Å². The molecule has 0 saturated heterocycles. The molecule has 0 fully saturated rings. The minimum absolute atomic E-state index is 0.0460. The molecule has 0 bridgehead atoms. The maximum atomic E-state index is 12.2. The molecule has 0 unspecified atom stereocenters. The number of H-pyrrole nitrogens is 1. The molecule has 1 heterocycles. The predicted octanol–water partition coefficient (Wildman–Crippen LogP) is 2.21. The average molecular weight is 329 g/mol. The molecule has 0 spiro atoms.